The topological polar surface area (TPSA) is 41.6 Å². The summed E-state index contributed by atoms with van der Waals surface area (Å²) in [4.78, 5) is 14.8. The van der Waals surface area contributed by atoms with Crippen molar-refractivity contribution in [2.75, 3.05) is 32.8 Å². The van der Waals surface area contributed by atoms with Crippen LogP contribution in [0.3, 0.4) is 0 Å². The van der Waals surface area contributed by atoms with Crippen molar-refractivity contribution in [1.82, 2.24) is 10.2 Å². The first-order valence-corrected chi connectivity index (χ1v) is 7.77. The van der Waals surface area contributed by atoms with E-state index < -0.39 is 0 Å². The zero-order valence-electron chi connectivity index (χ0n) is 12.4. The molecule has 2 rings (SSSR count). The van der Waals surface area contributed by atoms with Gasteiger partial charge < -0.3 is 15.0 Å². The van der Waals surface area contributed by atoms with Crippen molar-refractivity contribution >= 4 is 5.91 Å². The van der Waals surface area contributed by atoms with Gasteiger partial charge in [0.15, 0.2) is 0 Å². The maximum atomic E-state index is 12.7. The fraction of sp³-hybridized carbons (Fsp3) is 0.933. The molecule has 0 aromatic carbocycles. The summed E-state index contributed by atoms with van der Waals surface area (Å²) in [6.07, 6.45) is 4.27. The molecule has 4 nitrogen and oxygen atoms in total. The van der Waals surface area contributed by atoms with Crippen molar-refractivity contribution in [2.45, 2.75) is 45.6 Å². The highest BCUT2D eigenvalue weighted by Crippen LogP contribution is 2.21. The molecule has 0 aromatic rings. The lowest BCUT2D eigenvalue weighted by atomic mass is 9.95. The predicted octanol–water partition coefficient (Wildman–Crippen LogP) is 1.65. The number of ether oxygens (including phenoxy) is 1. The van der Waals surface area contributed by atoms with E-state index in [0.29, 0.717) is 17.9 Å². The minimum Gasteiger partial charge on any atom is -0.381 e. The maximum absolute atomic E-state index is 12.7. The number of hydrogen-bond acceptors (Lipinski definition) is 3. The fourth-order valence-electron chi connectivity index (χ4n) is 3.09. The van der Waals surface area contributed by atoms with E-state index in [1.165, 1.54) is 12.8 Å². The number of rotatable bonds is 4. The molecule has 2 fully saturated rings. The van der Waals surface area contributed by atoms with Crippen molar-refractivity contribution in [1.29, 1.82) is 0 Å². The SMILES string of the molecule is CC(C)N(CC1CCCNC1)C(=O)C1CCOCC1. The Morgan fingerprint density at radius 3 is 2.63 bits per heavy atom. The molecule has 1 atom stereocenters. The van der Waals surface area contributed by atoms with Gasteiger partial charge in [-0.25, -0.2) is 0 Å². The minimum atomic E-state index is 0.188. The number of amides is 1. The molecule has 1 unspecified atom stereocenters. The number of nitrogens with one attached hydrogen (secondary N) is 1. The quantitative estimate of drug-likeness (QED) is 0.843. The Labute approximate surface area is 116 Å². The van der Waals surface area contributed by atoms with Gasteiger partial charge in [-0.3, -0.25) is 4.79 Å². The first-order valence-electron chi connectivity index (χ1n) is 7.77. The largest absolute Gasteiger partial charge is 0.381 e. The molecule has 0 spiro atoms. The van der Waals surface area contributed by atoms with Gasteiger partial charge in [0.1, 0.15) is 0 Å². The van der Waals surface area contributed by atoms with E-state index in [1.807, 2.05) is 0 Å². The van der Waals surface area contributed by atoms with Gasteiger partial charge in [-0.15, -0.1) is 0 Å². The van der Waals surface area contributed by atoms with E-state index in [4.69, 9.17) is 4.74 Å². The van der Waals surface area contributed by atoms with Crippen molar-refractivity contribution in [3.8, 4) is 0 Å². The molecule has 2 saturated heterocycles. The summed E-state index contributed by atoms with van der Waals surface area (Å²) in [5.74, 6) is 1.16. The van der Waals surface area contributed by atoms with Crippen molar-refractivity contribution in [3.63, 3.8) is 0 Å². The van der Waals surface area contributed by atoms with E-state index in [2.05, 4.69) is 24.1 Å². The lowest BCUT2D eigenvalue weighted by Crippen LogP contribution is -2.47. The summed E-state index contributed by atoms with van der Waals surface area (Å²) in [6.45, 7) is 8.86. The lowest BCUT2D eigenvalue weighted by Gasteiger charge is -2.36. The van der Waals surface area contributed by atoms with Gasteiger partial charge in [0.25, 0.3) is 0 Å². The van der Waals surface area contributed by atoms with Crippen LogP contribution < -0.4 is 5.32 Å². The van der Waals surface area contributed by atoms with Crippen LogP contribution in [0.5, 0.6) is 0 Å². The molecule has 2 heterocycles. The summed E-state index contributed by atoms with van der Waals surface area (Å²) in [6, 6.07) is 0.303. The molecule has 0 bridgehead atoms. The van der Waals surface area contributed by atoms with Crippen LogP contribution in [0.25, 0.3) is 0 Å². The van der Waals surface area contributed by atoms with Crippen LogP contribution in [-0.4, -0.2) is 49.7 Å². The summed E-state index contributed by atoms with van der Waals surface area (Å²) < 4.78 is 5.36. The van der Waals surface area contributed by atoms with Crippen LogP contribution in [0, 0.1) is 11.8 Å². The summed E-state index contributed by atoms with van der Waals surface area (Å²) in [7, 11) is 0. The molecule has 0 aromatic heterocycles. The van der Waals surface area contributed by atoms with Crippen LogP contribution in [0.1, 0.15) is 39.5 Å². The number of hydrogen-bond donors (Lipinski definition) is 1. The fourth-order valence-corrected chi connectivity index (χ4v) is 3.09. The highest BCUT2D eigenvalue weighted by molar-refractivity contribution is 5.79. The standard InChI is InChI=1S/C15H28N2O2/c1-12(2)17(11-13-4-3-7-16-10-13)15(18)14-5-8-19-9-6-14/h12-14,16H,3-11H2,1-2H3. The lowest BCUT2D eigenvalue weighted by molar-refractivity contribution is -0.141. The smallest absolute Gasteiger partial charge is 0.226 e. The van der Waals surface area contributed by atoms with Gasteiger partial charge in [-0.05, 0) is 58.5 Å². The van der Waals surface area contributed by atoms with Crippen molar-refractivity contribution in [2.24, 2.45) is 11.8 Å². The van der Waals surface area contributed by atoms with Crippen LogP contribution >= 0.6 is 0 Å². The van der Waals surface area contributed by atoms with E-state index >= 15 is 0 Å². The van der Waals surface area contributed by atoms with Gasteiger partial charge >= 0.3 is 0 Å². The second-order valence-corrected chi connectivity index (χ2v) is 6.18. The summed E-state index contributed by atoms with van der Waals surface area (Å²) >= 11 is 0. The zero-order valence-corrected chi connectivity index (χ0v) is 12.4. The van der Waals surface area contributed by atoms with Crippen LogP contribution in [-0.2, 0) is 9.53 Å². The Balaban J connectivity index is 1.91. The molecule has 1 N–H and O–H groups in total. The third kappa shape index (κ3) is 4.18. The molecule has 0 radical (unpaired) electrons. The van der Waals surface area contributed by atoms with Gasteiger partial charge in [0, 0.05) is 31.7 Å². The molecule has 110 valence electrons. The Bertz CT molecular complexity index is 282. The Morgan fingerprint density at radius 1 is 1.32 bits per heavy atom. The maximum Gasteiger partial charge on any atom is 0.226 e. The highest BCUT2D eigenvalue weighted by Gasteiger charge is 2.29. The molecule has 1 amide bonds. The second kappa shape index (κ2) is 7.25. The zero-order chi connectivity index (χ0) is 13.7. The van der Waals surface area contributed by atoms with E-state index in [-0.39, 0.29) is 5.92 Å². The molecule has 0 aliphatic carbocycles. The van der Waals surface area contributed by atoms with Gasteiger partial charge in [0.2, 0.25) is 5.91 Å². The van der Waals surface area contributed by atoms with E-state index in [1.54, 1.807) is 0 Å². The normalized spacial score (nSPS) is 25.5. The first-order chi connectivity index (χ1) is 9.18. The van der Waals surface area contributed by atoms with Crippen molar-refractivity contribution < 1.29 is 9.53 Å². The molecule has 2 aliphatic rings. The predicted molar refractivity (Wildman–Crippen MR) is 76.0 cm³/mol. The molecule has 0 saturated carbocycles. The Morgan fingerprint density at radius 2 is 2.05 bits per heavy atom. The number of carbonyl (C=O) groups is 1. The Kier molecular flexibility index (Phi) is 5.64. The minimum absolute atomic E-state index is 0.188. The number of piperidine rings is 1. The van der Waals surface area contributed by atoms with Gasteiger partial charge in [0.05, 0.1) is 0 Å². The molecule has 2 aliphatic heterocycles. The Hall–Kier alpha value is -0.610. The highest BCUT2D eigenvalue weighted by atomic mass is 16.5. The third-order valence-electron chi connectivity index (χ3n) is 4.33. The molecule has 4 heteroatoms. The average Bonchev–Trinajstić information content (AvgIpc) is 2.46. The second-order valence-electron chi connectivity index (χ2n) is 6.18. The third-order valence-corrected chi connectivity index (χ3v) is 4.33. The van der Waals surface area contributed by atoms with Crippen LogP contribution in [0.15, 0.2) is 0 Å². The molecular weight excluding hydrogens is 240 g/mol. The molecule has 19 heavy (non-hydrogen) atoms. The average molecular weight is 268 g/mol. The summed E-state index contributed by atoms with van der Waals surface area (Å²) in [5, 5.41) is 3.44. The number of carbonyl (C=O) groups excluding carboxylic acids is 1. The van der Waals surface area contributed by atoms with E-state index in [9.17, 15) is 4.79 Å². The van der Waals surface area contributed by atoms with Crippen LogP contribution in [0.2, 0.25) is 0 Å². The van der Waals surface area contributed by atoms with Crippen molar-refractivity contribution in [3.05, 3.63) is 0 Å². The van der Waals surface area contributed by atoms with Crippen LogP contribution in [0.4, 0.5) is 0 Å². The monoisotopic (exact) mass is 268 g/mol. The van der Waals surface area contributed by atoms with Gasteiger partial charge in [-0.2, -0.15) is 0 Å². The van der Waals surface area contributed by atoms with Gasteiger partial charge in [-0.1, -0.05) is 0 Å². The molecular formula is C15H28N2O2. The number of nitrogens with zero attached hydrogens (tertiary/aromatic N) is 1. The van der Waals surface area contributed by atoms with E-state index in [0.717, 1.165) is 45.7 Å². The first kappa shape index (κ1) is 14.8. The summed E-state index contributed by atoms with van der Waals surface area (Å²) in [5.41, 5.74) is 0.